The number of thioether (sulfide) groups is 1. The number of hydrogen-bond acceptors (Lipinski definition) is 5. The number of rotatable bonds is 2. The van der Waals surface area contributed by atoms with Crippen LogP contribution in [-0.4, -0.2) is 32.8 Å². The van der Waals surface area contributed by atoms with Crippen molar-refractivity contribution in [1.29, 1.82) is 0 Å². The first kappa shape index (κ1) is 14.7. The van der Waals surface area contributed by atoms with Crippen molar-refractivity contribution >= 4 is 56.3 Å². The molecule has 0 radical (unpaired) electrons. The molecule has 1 saturated heterocycles. The molecular formula is C11H11BrClN3O2S. The van der Waals surface area contributed by atoms with E-state index in [-0.39, 0.29) is 21.4 Å². The normalized spacial score (nSPS) is 19.1. The van der Waals surface area contributed by atoms with E-state index < -0.39 is 0 Å². The molecule has 2 heterocycles. The molecule has 0 aromatic carbocycles. The smallest absolute Gasteiger partial charge is 0.233 e. The second-order valence-electron chi connectivity index (χ2n) is 4.15. The predicted molar refractivity (Wildman–Crippen MR) is 78.5 cm³/mol. The summed E-state index contributed by atoms with van der Waals surface area (Å²) >= 11 is 10.4. The van der Waals surface area contributed by atoms with Gasteiger partial charge in [0.25, 0.3) is 0 Å². The average molecular weight is 365 g/mol. The zero-order valence-corrected chi connectivity index (χ0v) is 13.5. The van der Waals surface area contributed by atoms with E-state index in [0.29, 0.717) is 29.1 Å². The first-order valence-corrected chi connectivity index (χ1v) is 7.60. The highest BCUT2D eigenvalue weighted by Gasteiger charge is 2.33. The van der Waals surface area contributed by atoms with Crippen LogP contribution in [0.15, 0.2) is 4.47 Å². The third kappa shape index (κ3) is 3.27. The Morgan fingerprint density at radius 3 is 2.79 bits per heavy atom. The highest BCUT2D eigenvalue weighted by Crippen LogP contribution is 2.30. The summed E-state index contributed by atoms with van der Waals surface area (Å²) in [6, 6.07) is 0. The van der Waals surface area contributed by atoms with Gasteiger partial charge in [0.2, 0.25) is 11.9 Å². The van der Waals surface area contributed by atoms with Crippen LogP contribution in [-0.2, 0) is 9.59 Å². The monoisotopic (exact) mass is 363 g/mol. The Morgan fingerprint density at radius 1 is 1.53 bits per heavy atom. The molecule has 1 aromatic heterocycles. The summed E-state index contributed by atoms with van der Waals surface area (Å²) in [5.74, 6) is 0.207. The lowest BCUT2D eigenvalue weighted by molar-refractivity contribution is -0.117. The molecule has 19 heavy (non-hydrogen) atoms. The molecular weight excluding hydrogens is 354 g/mol. The van der Waals surface area contributed by atoms with E-state index in [2.05, 4.69) is 25.9 Å². The molecule has 1 aromatic rings. The van der Waals surface area contributed by atoms with Gasteiger partial charge in [-0.1, -0.05) is 23.4 Å². The Kier molecular flexibility index (Phi) is 4.47. The van der Waals surface area contributed by atoms with Crippen molar-refractivity contribution in [1.82, 2.24) is 9.97 Å². The molecule has 0 saturated carbocycles. The number of anilines is 1. The van der Waals surface area contributed by atoms with Gasteiger partial charge in [-0.15, -0.1) is 0 Å². The second-order valence-corrected chi connectivity index (χ2v) is 6.78. The maximum absolute atomic E-state index is 11.9. The molecule has 0 aliphatic carbocycles. The topological polar surface area (TPSA) is 63.2 Å². The van der Waals surface area contributed by atoms with Gasteiger partial charge in [-0.25, -0.2) is 4.98 Å². The molecule has 0 bridgehead atoms. The summed E-state index contributed by atoms with van der Waals surface area (Å²) in [7, 11) is 0. The Balaban J connectivity index is 2.23. The Bertz CT molecular complexity index is 532. The van der Waals surface area contributed by atoms with Gasteiger partial charge >= 0.3 is 0 Å². The average Bonchev–Trinajstić information content (AvgIpc) is 2.65. The Labute approximate surface area is 128 Å². The SMILES string of the molecule is CC(=O)SC1CC(=O)N(c2nc(C)c(Br)c(Cl)n2)C1. The molecule has 1 atom stereocenters. The van der Waals surface area contributed by atoms with Crippen LogP contribution in [0.2, 0.25) is 5.15 Å². The summed E-state index contributed by atoms with van der Waals surface area (Å²) in [5, 5.41) is 0.236. The van der Waals surface area contributed by atoms with Crippen LogP contribution in [0.3, 0.4) is 0 Å². The van der Waals surface area contributed by atoms with Crippen LogP contribution in [0, 0.1) is 6.92 Å². The summed E-state index contributed by atoms with van der Waals surface area (Å²) in [6.07, 6.45) is 0.320. The molecule has 102 valence electrons. The molecule has 1 amide bonds. The van der Waals surface area contributed by atoms with Gasteiger partial charge in [0.1, 0.15) is 5.15 Å². The summed E-state index contributed by atoms with van der Waals surface area (Å²) in [6.45, 7) is 3.71. The van der Waals surface area contributed by atoms with Gasteiger partial charge in [-0.2, -0.15) is 4.98 Å². The highest BCUT2D eigenvalue weighted by atomic mass is 79.9. The van der Waals surface area contributed by atoms with Gasteiger partial charge in [-0.3, -0.25) is 14.5 Å². The summed E-state index contributed by atoms with van der Waals surface area (Å²) in [5.41, 5.74) is 0.672. The number of amides is 1. The number of nitrogens with zero attached hydrogens (tertiary/aromatic N) is 3. The van der Waals surface area contributed by atoms with E-state index in [1.165, 1.54) is 23.6 Å². The van der Waals surface area contributed by atoms with Gasteiger partial charge in [0, 0.05) is 25.1 Å². The lowest BCUT2D eigenvalue weighted by Crippen LogP contribution is -2.27. The molecule has 1 unspecified atom stereocenters. The Hall–Kier alpha value is -0.660. The minimum absolute atomic E-state index is 0.00517. The van der Waals surface area contributed by atoms with Crippen LogP contribution in [0.5, 0.6) is 0 Å². The van der Waals surface area contributed by atoms with Crippen LogP contribution in [0.25, 0.3) is 0 Å². The van der Waals surface area contributed by atoms with Crippen LogP contribution >= 0.6 is 39.3 Å². The summed E-state index contributed by atoms with van der Waals surface area (Å²) < 4.78 is 0.624. The zero-order chi connectivity index (χ0) is 14.2. The van der Waals surface area contributed by atoms with E-state index in [1.54, 1.807) is 6.92 Å². The molecule has 0 N–H and O–H groups in total. The van der Waals surface area contributed by atoms with Gasteiger partial charge in [0.05, 0.1) is 10.2 Å². The standard InChI is InChI=1S/C11H11BrClN3O2S/c1-5-9(12)10(13)15-11(14-5)16-4-7(3-8(16)18)19-6(2)17/h7H,3-4H2,1-2H3. The largest absolute Gasteiger partial charge is 0.288 e. The first-order valence-electron chi connectivity index (χ1n) is 5.55. The van der Waals surface area contributed by atoms with E-state index >= 15 is 0 Å². The van der Waals surface area contributed by atoms with E-state index in [1.807, 2.05) is 0 Å². The fraction of sp³-hybridized carbons (Fsp3) is 0.455. The van der Waals surface area contributed by atoms with Crippen LogP contribution < -0.4 is 4.90 Å². The van der Waals surface area contributed by atoms with Gasteiger partial charge in [-0.05, 0) is 22.9 Å². The lowest BCUT2D eigenvalue weighted by Gasteiger charge is -2.15. The molecule has 1 fully saturated rings. The van der Waals surface area contributed by atoms with Gasteiger partial charge < -0.3 is 0 Å². The fourth-order valence-electron chi connectivity index (χ4n) is 1.81. The maximum atomic E-state index is 11.9. The lowest BCUT2D eigenvalue weighted by atomic mass is 10.4. The molecule has 0 spiro atoms. The fourth-order valence-corrected chi connectivity index (χ4v) is 3.12. The minimum Gasteiger partial charge on any atom is -0.288 e. The molecule has 5 nitrogen and oxygen atoms in total. The molecule has 2 rings (SSSR count). The minimum atomic E-state index is -0.0865. The number of halogens is 2. The van der Waals surface area contributed by atoms with Gasteiger partial charge in [0.15, 0.2) is 5.12 Å². The van der Waals surface area contributed by atoms with E-state index in [4.69, 9.17) is 11.6 Å². The number of hydrogen-bond donors (Lipinski definition) is 0. The molecule has 8 heteroatoms. The molecule has 1 aliphatic rings. The number of carbonyl (C=O) groups excluding carboxylic acids is 2. The van der Waals surface area contributed by atoms with E-state index in [9.17, 15) is 9.59 Å². The second kappa shape index (κ2) is 5.76. The predicted octanol–water partition coefficient (Wildman–Crippen LogP) is 2.59. The summed E-state index contributed by atoms with van der Waals surface area (Å²) in [4.78, 5) is 32.8. The third-order valence-corrected chi connectivity index (χ3v) is 5.06. The maximum Gasteiger partial charge on any atom is 0.233 e. The number of carbonyl (C=O) groups is 2. The first-order chi connectivity index (χ1) is 8.88. The third-order valence-electron chi connectivity index (χ3n) is 2.63. The quantitative estimate of drug-likeness (QED) is 0.755. The van der Waals surface area contributed by atoms with Crippen molar-refractivity contribution < 1.29 is 9.59 Å². The number of aromatic nitrogens is 2. The van der Waals surface area contributed by atoms with Crippen molar-refractivity contribution in [3.63, 3.8) is 0 Å². The van der Waals surface area contributed by atoms with Crippen LogP contribution in [0.4, 0.5) is 5.95 Å². The highest BCUT2D eigenvalue weighted by molar-refractivity contribution is 9.10. The Morgan fingerprint density at radius 2 is 2.21 bits per heavy atom. The molecule has 1 aliphatic heterocycles. The van der Waals surface area contributed by atoms with Crippen LogP contribution in [0.1, 0.15) is 19.0 Å². The van der Waals surface area contributed by atoms with Crippen molar-refractivity contribution in [3.8, 4) is 0 Å². The number of aryl methyl sites for hydroxylation is 1. The van der Waals surface area contributed by atoms with Crippen molar-refractivity contribution in [2.45, 2.75) is 25.5 Å². The van der Waals surface area contributed by atoms with Crippen molar-refractivity contribution in [3.05, 3.63) is 15.3 Å². The van der Waals surface area contributed by atoms with Crippen molar-refractivity contribution in [2.75, 3.05) is 11.4 Å². The zero-order valence-electron chi connectivity index (χ0n) is 10.3. The van der Waals surface area contributed by atoms with Crippen molar-refractivity contribution in [2.24, 2.45) is 0 Å². The van der Waals surface area contributed by atoms with E-state index in [0.717, 1.165) is 0 Å².